The van der Waals surface area contributed by atoms with Gasteiger partial charge < -0.3 is 14.7 Å². The molecule has 1 atom stereocenters. The van der Waals surface area contributed by atoms with Crippen LogP contribution in [0.15, 0.2) is 54.7 Å². The summed E-state index contributed by atoms with van der Waals surface area (Å²) in [7, 11) is 0. The monoisotopic (exact) mass is 472 g/mol. The number of halogens is 2. The number of nitrogens with zero attached hydrogens (tertiary/aromatic N) is 4. The normalized spacial score (nSPS) is 16.6. The first-order valence-electron chi connectivity index (χ1n) is 10.3. The van der Waals surface area contributed by atoms with E-state index in [2.05, 4.69) is 10.00 Å². The first-order valence-corrected chi connectivity index (χ1v) is 10.7. The maximum Gasteiger partial charge on any atom is 0.356 e. The van der Waals surface area contributed by atoms with Crippen molar-refractivity contribution in [2.45, 2.75) is 19.5 Å². The zero-order valence-electron chi connectivity index (χ0n) is 17.8. The third-order valence-corrected chi connectivity index (χ3v) is 5.60. The predicted octanol–water partition coefficient (Wildman–Crippen LogP) is 4.34. The average Bonchev–Trinajstić information content (AvgIpc) is 3.25. The quantitative estimate of drug-likeness (QED) is 0.594. The number of aromatic carboxylic acids is 1. The Morgan fingerprint density at radius 1 is 1.15 bits per heavy atom. The summed E-state index contributed by atoms with van der Waals surface area (Å²) in [5, 5.41) is 13.4. The Labute approximate surface area is 194 Å². The van der Waals surface area contributed by atoms with Crippen molar-refractivity contribution in [1.29, 1.82) is 0 Å². The number of aromatic nitrogens is 2. The number of amides is 1. The van der Waals surface area contributed by atoms with Gasteiger partial charge in [-0.2, -0.15) is 9.78 Å². The van der Waals surface area contributed by atoms with Crippen molar-refractivity contribution in [2.75, 3.05) is 19.6 Å². The van der Waals surface area contributed by atoms with Crippen LogP contribution in [-0.2, 0) is 6.54 Å². The molecule has 1 saturated heterocycles. The van der Waals surface area contributed by atoms with E-state index in [9.17, 15) is 14.0 Å². The van der Waals surface area contributed by atoms with E-state index >= 15 is 0 Å². The number of hydrogen-bond donors (Lipinski definition) is 1. The standard InChI is InChI=1S/C23H22ClFN4O4/c1-15-13-27(8-9-28(15)23(32)29-7-6-21(26-29)22(30)31)14-16-10-18(25)12-20(11-16)33-19-4-2-17(24)3-5-19/h2-7,10-12,15H,8-9,13-14H2,1H3,(H,30,31)/t15-/m0/s1. The fraction of sp³-hybridized carbons (Fsp3) is 0.261. The minimum Gasteiger partial charge on any atom is -0.476 e. The predicted molar refractivity (Wildman–Crippen MR) is 119 cm³/mol. The summed E-state index contributed by atoms with van der Waals surface area (Å²) in [6, 6.07) is 12.2. The number of carbonyl (C=O) groups excluding carboxylic acids is 1. The van der Waals surface area contributed by atoms with Crippen LogP contribution in [0.25, 0.3) is 0 Å². The van der Waals surface area contributed by atoms with E-state index in [1.54, 1.807) is 35.2 Å². The van der Waals surface area contributed by atoms with Gasteiger partial charge in [-0.3, -0.25) is 4.90 Å². The Kier molecular flexibility index (Phi) is 6.62. The van der Waals surface area contributed by atoms with Crippen molar-refractivity contribution in [3.8, 4) is 11.5 Å². The van der Waals surface area contributed by atoms with Gasteiger partial charge in [0.25, 0.3) is 0 Å². The summed E-state index contributed by atoms with van der Waals surface area (Å²) in [6.45, 7) is 3.99. The molecular formula is C23H22ClFN4O4. The number of rotatable bonds is 5. The van der Waals surface area contributed by atoms with Crippen molar-refractivity contribution >= 4 is 23.6 Å². The number of carboxylic acids is 1. The van der Waals surface area contributed by atoms with Crippen LogP contribution in [0.4, 0.5) is 9.18 Å². The van der Waals surface area contributed by atoms with Crippen LogP contribution in [0.5, 0.6) is 11.5 Å². The van der Waals surface area contributed by atoms with E-state index in [-0.39, 0.29) is 17.8 Å². The molecule has 1 amide bonds. The lowest BCUT2D eigenvalue weighted by atomic mass is 10.1. The maximum atomic E-state index is 14.2. The highest BCUT2D eigenvalue weighted by Gasteiger charge is 2.29. The molecule has 1 aliphatic rings. The molecule has 0 unspecified atom stereocenters. The lowest BCUT2D eigenvalue weighted by Crippen LogP contribution is -2.54. The van der Waals surface area contributed by atoms with Crippen molar-refractivity contribution in [3.63, 3.8) is 0 Å². The van der Waals surface area contributed by atoms with Crippen LogP contribution in [-0.4, -0.2) is 62.4 Å². The fourth-order valence-corrected chi connectivity index (χ4v) is 3.93. The molecule has 2 heterocycles. The molecule has 0 aliphatic carbocycles. The van der Waals surface area contributed by atoms with Gasteiger partial charge in [-0.1, -0.05) is 11.6 Å². The van der Waals surface area contributed by atoms with Crippen LogP contribution in [0.2, 0.25) is 5.02 Å². The van der Waals surface area contributed by atoms with Gasteiger partial charge in [-0.25, -0.2) is 14.0 Å². The van der Waals surface area contributed by atoms with Gasteiger partial charge in [-0.15, -0.1) is 0 Å². The lowest BCUT2D eigenvalue weighted by Gasteiger charge is -2.39. The zero-order valence-corrected chi connectivity index (χ0v) is 18.6. The second kappa shape index (κ2) is 9.60. The van der Waals surface area contributed by atoms with Crippen LogP contribution < -0.4 is 4.74 Å². The number of piperazine rings is 1. The van der Waals surface area contributed by atoms with Gasteiger partial charge in [0.05, 0.1) is 0 Å². The zero-order chi connectivity index (χ0) is 23.5. The molecule has 1 aromatic heterocycles. The molecule has 0 radical (unpaired) electrons. The highest BCUT2D eigenvalue weighted by atomic mass is 35.5. The van der Waals surface area contributed by atoms with Gasteiger partial charge in [0.2, 0.25) is 0 Å². The Bertz CT molecular complexity index is 1170. The van der Waals surface area contributed by atoms with Crippen LogP contribution >= 0.6 is 11.6 Å². The Morgan fingerprint density at radius 2 is 1.91 bits per heavy atom. The first-order chi connectivity index (χ1) is 15.8. The van der Waals surface area contributed by atoms with Gasteiger partial charge in [0, 0.05) is 49.5 Å². The molecule has 33 heavy (non-hydrogen) atoms. The van der Waals surface area contributed by atoms with Crippen LogP contribution in [0.3, 0.4) is 0 Å². The highest BCUT2D eigenvalue weighted by molar-refractivity contribution is 6.30. The van der Waals surface area contributed by atoms with Crippen LogP contribution in [0, 0.1) is 5.82 Å². The van der Waals surface area contributed by atoms with Crippen LogP contribution in [0.1, 0.15) is 23.0 Å². The SMILES string of the molecule is C[C@H]1CN(Cc2cc(F)cc(Oc3ccc(Cl)cc3)c2)CCN1C(=O)n1ccc(C(=O)O)n1. The van der Waals surface area contributed by atoms with Gasteiger partial charge in [-0.05, 0) is 55.0 Å². The molecule has 8 nitrogen and oxygen atoms in total. The number of carbonyl (C=O) groups is 2. The third kappa shape index (κ3) is 5.50. The van der Waals surface area contributed by atoms with Gasteiger partial charge in [0.15, 0.2) is 5.69 Å². The smallest absolute Gasteiger partial charge is 0.356 e. The maximum absolute atomic E-state index is 14.2. The van der Waals surface area contributed by atoms with Crippen molar-refractivity contribution < 1.29 is 23.8 Å². The largest absolute Gasteiger partial charge is 0.476 e. The molecule has 1 N–H and O–H groups in total. The van der Waals surface area contributed by atoms with Crippen molar-refractivity contribution in [3.05, 3.63) is 76.8 Å². The van der Waals surface area contributed by atoms with Gasteiger partial charge in [0.1, 0.15) is 17.3 Å². The number of ether oxygens (including phenoxy) is 1. The van der Waals surface area contributed by atoms with E-state index in [1.165, 1.54) is 24.4 Å². The Hall–Kier alpha value is -3.43. The molecule has 0 bridgehead atoms. The van der Waals surface area contributed by atoms with E-state index in [1.807, 2.05) is 6.92 Å². The molecule has 1 fully saturated rings. The van der Waals surface area contributed by atoms with E-state index < -0.39 is 11.8 Å². The number of carboxylic acid groups (broad SMARTS) is 1. The van der Waals surface area contributed by atoms with E-state index in [0.717, 1.165) is 10.2 Å². The van der Waals surface area contributed by atoms with E-state index in [4.69, 9.17) is 21.4 Å². The van der Waals surface area contributed by atoms with Gasteiger partial charge >= 0.3 is 12.0 Å². The van der Waals surface area contributed by atoms with Crippen molar-refractivity contribution in [1.82, 2.24) is 19.6 Å². The summed E-state index contributed by atoms with van der Waals surface area (Å²) in [6.07, 6.45) is 1.35. The molecule has 0 spiro atoms. The summed E-state index contributed by atoms with van der Waals surface area (Å²) in [4.78, 5) is 27.5. The average molecular weight is 473 g/mol. The summed E-state index contributed by atoms with van der Waals surface area (Å²) in [5.74, 6) is -0.636. The molecule has 1 aliphatic heterocycles. The molecule has 3 aromatic rings. The summed E-state index contributed by atoms with van der Waals surface area (Å²) >= 11 is 5.89. The Morgan fingerprint density at radius 3 is 2.58 bits per heavy atom. The lowest BCUT2D eigenvalue weighted by molar-refractivity contribution is 0.0689. The fourth-order valence-electron chi connectivity index (χ4n) is 3.80. The molecule has 4 rings (SSSR count). The second-order valence-corrected chi connectivity index (χ2v) is 8.30. The molecule has 10 heteroatoms. The minimum absolute atomic E-state index is 0.137. The second-order valence-electron chi connectivity index (χ2n) is 7.86. The summed E-state index contributed by atoms with van der Waals surface area (Å²) < 4.78 is 21.0. The third-order valence-electron chi connectivity index (χ3n) is 5.35. The molecular weight excluding hydrogens is 451 g/mol. The van der Waals surface area contributed by atoms with E-state index in [0.29, 0.717) is 42.7 Å². The molecule has 2 aromatic carbocycles. The minimum atomic E-state index is -1.19. The number of hydrogen-bond acceptors (Lipinski definition) is 5. The summed E-state index contributed by atoms with van der Waals surface area (Å²) in [5.41, 5.74) is 0.571. The molecule has 172 valence electrons. The van der Waals surface area contributed by atoms with Crippen molar-refractivity contribution in [2.24, 2.45) is 0 Å². The number of benzene rings is 2. The topological polar surface area (TPSA) is 87.9 Å². The molecule has 0 saturated carbocycles. The first kappa shape index (κ1) is 22.8. The highest BCUT2D eigenvalue weighted by Crippen LogP contribution is 2.26. The Balaban J connectivity index is 1.39.